The van der Waals surface area contributed by atoms with Crippen LogP contribution < -0.4 is 49.8 Å². The van der Waals surface area contributed by atoms with E-state index >= 15 is 0 Å². The lowest BCUT2D eigenvalue weighted by molar-refractivity contribution is 0.821. The van der Waals surface area contributed by atoms with Gasteiger partial charge in [-0.15, -0.1) is 0 Å². The monoisotopic (exact) mass is 1150 g/mol. The fourth-order valence-electron chi connectivity index (χ4n) is 9.19. The first-order chi connectivity index (χ1) is 42.3. The number of hydrogen-bond acceptors (Lipinski definition) is 24. The first-order valence-corrected chi connectivity index (χ1v) is 26.4. The molecule has 0 aliphatic heterocycles. The first kappa shape index (κ1) is 57.3. The van der Waals surface area contributed by atoms with E-state index < -0.39 is 18.1 Å². The van der Waals surface area contributed by atoms with Crippen molar-refractivity contribution in [1.82, 2.24) is 73.0 Å². The minimum Gasteiger partial charge on any atom is -0.382 e. The molecule has 426 valence electrons. The Bertz CT molecular complexity index is 4370. The molecule has 12 aromatic heterocycles. The average Bonchev–Trinajstić information content (AvgIpc) is 2.65. The Morgan fingerprint density at radius 1 is 0.391 bits per heavy atom. The second kappa shape index (κ2) is 25.5. The summed E-state index contributed by atoms with van der Waals surface area (Å²) in [4.78, 5) is 90.6. The van der Waals surface area contributed by atoms with E-state index in [0.717, 1.165) is 0 Å². The summed E-state index contributed by atoms with van der Waals surface area (Å²) < 4.78 is 4.43. The molecule has 12 heterocycles. The SMILES string of the molecule is CC(Nc1ncnc(N)c1C#N)c1nc2ccccn2c(=O)c1-c1ccccn1.C[C@@H](Nc1ncnc(N)c1C#N)c1nc2ccccn2c(=O)c1-c1ccccn1.C[C@H](Nc1ncnc(N)c1C#N)c1nc2ccccn2c(=O)c1-c1ccccn1. The molecule has 27 heteroatoms. The topological polar surface area (TPSA) is 405 Å². The van der Waals surface area contributed by atoms with Gasteiger partial charge in [-0.05, 0) is 93.6 Å². The highest BCUT2D eigenvalue weighted by atomic mass is 16.1. The number of nitrogens with zero attached hydrogens (tertiary/aromatic N) is 18. The lowest BCUT2D eigenvalue weighted by atomic mass is 10.1. The Morgan fingerprint density at radius 3 is 0.920 bits per heavy atom. The molecule has 0 bridgehead atoms. The van der Waals surface area contributed by atoms with Crippen LogP contribution in [-0.4, -0.2) is 73.0 Å². The zero-order valence-corrected chi connectivity index (χ0v) is 46.3. The predicted molar refractivity (Wildman–Crippen MR) is 324 cm³/mol. The summed E-state index contributed by atoms with van der Waals surface area (Å²) in [5, 5.41) is 37.5. The zero-order valence-electron chi connectivity index (χ0n) is 46.3. The van der Waals surface area contributed by atoms with Crippen molar-refractivity contribution >= 4 is 51.8 Å². The molecule has 0 amide bonds. The number of anilines is 6. The van der Waals surface area contributed by atoms with Crippen molar-refractivity contribution in [2.45, 2.75) is 38.9 Å². The molecule has 0 spiro atoms. The van der Waals surface area contributed by atoms with Crippen LogP contribution in [0.2, 0.25) is 0 Å². The van der Waals surface area contributed by atoms with E-state index in [2.05, 4.69) is 75.8 Å². The number of pyridine rings is 6. The molecular formula is C60H48N24O3. The molecule has 0 aliphatic carbocycles. The van der Waals surface area contributed by atoms with Crippen molar-refractivity contribution in [3.8, 4) is 52.0 Å². The molecule has 0 saturated carbocycles. The summed E-state index contributed by atoms with van der Waals surface area (Å²) in [6.45, 7) is 5.48. The Hall–Kier alpha value is -13.0. The van der Waals surface area contributed by atoms with Crippen molar-refractivity contribution in [3.63, 3.8) is 0 Å². The van der Waals surface area contributed by atoms with Gasteiger partial charge in [0.25, 0.3) is 16.7 Å². The third-order valence-electron chi connectivity index (χ3n) is 13.3. The molecular weight excluding hydrogens is 1100 g/mol. The summed E-state index contributed by atoms with van der Waals surface area (Å²) in [5.74, 6) is 1.05. The van der Waals surface area contributed by atoms with Crippen LogP contribution in [0.25, 0.3) is 50.7 Å². The highest BCUT2D eigenvalue weighted by Crippen LogP contribution is 2.31. The fourth-order valence-corrected chi connectivity index (χ4v) is 9.19. The maximum Gasteiger partial charge on any atom is 0.267 e. The second-order valence-electron chi connectivity index (χ2n) is 18.8. The van der Waals surface area contributed by atoms with Crippen LogP contribution in [-0.2, 0) is 0 Å². The van der Waals surface area contributed by atoms with E-state index in [-0.39, 0.29) is 68.3 Å². The van der Waals surface area contributed by atoms with E-state index in [0.29, 0.717) is 67.8 Å². The smallest absolute Gasteiger partial charge is 0.267 e. The maximum absolute atomic E-state index is 13.2. The van der Waals surface area contributed by atoms with Crippen LogP contribution in [0.15, 0.2) is 180 Å². The third-order valence-corrected chi connectivity index (χ3v) is 13.3. The predicted octanol–water partition coefficient (Wildman–Crippen LogP) is 6.52. The van der Waals surface area contributed by atoms with E-state index in [9.17, 15) is 30.2 Å². The van der Waals surface area contributed by atoms with Gasteiger partial charge in [0.15, 0.2) is 0 Å². The van der Waals surface area contributed by atoms with Gasteiger partial charge >= 0.3 is 0 Å². The first-order valence-electron chi connectivity index (χ1n) is 26.4. The normalized spacial score (nSPS) is 11.7. The van der Waals surface area contributed by atoms with Crippen LogP contribution in [0.1, 0.15) is 72.7 Å². The van der Waals surface area contributed by atoms with Gasteiger partial charge in [0.05, 0.1) is 69.0 Å². The van der Waals surface area contributed by atoms with Gasteiger partial charge in [-0.3, -0.25) is 42.5 Å². The van der Waals surface area contributed by atoms with Crippen molar-refractivity contribution in [1.29, 1.82) is 15.8 Å². The van der Waals surface area contributed by atoms with E-state index in [4.69, 9.17) is 17.2 Å². The van der Waals surface area contributed by atoms with Crippen molar-refractivity contribution in [3.05, 3.63) is 230 Å². The summed E-state index contributed by atoms with van der Waals surface area (Å²) in [7, 11) is 0. The number of aromatic nitrogens is 15. The Balaban J connectivity index is 0.000000144. The Kier molecular flexibility index (Phi) is 16.8. The van der Waals surface area contributed by atoms with Gasteiger partial charge in [0.2, 0.25) is 0 Å². The van der Waals surface area contributed by atoms with E-state index in [1.807, 2.05) is 75.4 Å². The van der Waals surface area contributed by atoms with E-state index in [1.165, 1.54) is 32.2 Å². The molecule has 0 radical (unpaired) electrons. The molecule has 1 unspecified atom stereocenters. The highest BCUT2D eigenvalue weighted by Gasteiger charge is 2.26. The van der Waals surface area contributed by atoms with Crippen LogP contribution in [0, 0.1) is 34.0 Å². The van der Waals surface area contributed by atoms with Gasteiger partial charge in [0, 0.05) is 37.2 Å². The number of fused-ring (bicyclic) bond motifs is 3. The molecule has 0 aromatic carbocycles. The Labute approximate surface area is 493 Å². The second-order valence-corrected chi connectivity index (χ2v) is 18.8. The number of nitriles is 3. The Morgan fingerprint density at radius 2 is 0.667 bits per heavy atom. The molecule has 0 saturated heterocycles. The molecule has 27 nitrogen and oxygen atoms in total. The van der Waals surface area contributed by atoms with Gasteiger partial charge in [-0.2, -0.15) is 15.8 Å². The lowest BCUT2D eigenvalue weighted by Gasteiger charge is -2.18. The number of nitrogens with two attached hydrogens (primary N) is 3. The van der Waals surface area contributed by atoms with Crippen molar-refractivity contribution in [2.75, 3.05) is 33.2 Å². The quantitative estimate of drug-likeness (QED) is 0.0758. The molecule has 0 fully saturated rings. The van der Waals surface area contributed by atoms with Crippen LogP contribution in [0.4, 0.5) is 34.9 Å². The molecule has 0 aliphatic rings. The lowest BCUT2D eigenvalue weighted by Crippen LogP contribution is -2.23. The van der Waals surface area contributed by atoms with Crippen LogP contribution in [0.3, 0.4) is 0 Å². The summed E-state index contributed by atoms with van der Waals surface area (Å²) in [5.41, 5.74) is 22.6. The molecule has 12 rings (SSSR count). The van der Waals surface area contributed by atoms with Gasteiger partial charge in [-0.1, -0.05) is 36.4 Å². The minimum atomic E-state index is -0.466. The largest absolute Gasteiger partial charge is 0.382 e. The molecule has 9 N–H and O–H groups in total. The minimum absolute atomic E-state index is 0.0775. The molecule has 12 aromatic rings. The standard InChI is InChI=1S/3C20H16N8O/c3*1-12(26-19-13(10-21)18(22)24-11-25-19)17-16(14-6-2-4-8-23-14)20(29)28-9-5-3-7-15(28)27-17/h3*2-9,11-12H,1H3,(H3,22,24,25,26)/t2*12-;/m10./s1. The maximum atomic E-state index is 13.2. The number of hydrogen-bond donors (Lipinski definition) is 6. The average molecular weight is 1150 g/mol. The highest BCUT2D eigenvalue weighted by molar-refractivity contribution is 5.70. The van der Waals surface area contributed by atoms with Gasteiger partial charge in [0.1, 0.15) is 106 Å². The number of nitrogens with one attached hydrogen (secondary N) is 3. The van der Waals surface area contributed by atoms with Gasteiger partial charge < -0.3 is 33.2 Å². The van der Waals surface area contributed by atoms with E-state index in [1.54, 1.807) is 110 Å². The zero-order chi connectivity index (χ0) is 61.1. The van der Waals surface area contributed by atoms with Crippen molar-refractivity contribution < 1.29 is 0 Å². The number of nitrogen functional groups attached to an aromatic ring is 3. The van der Waals surface area contributed by atoms with Crippen LogP contribution >= 0.6 is 0 Å². The molecule has 87 heavy (non-hydrogen) atoms. The third kappa shape index (κ3) is 11.9. The van der Waals surface area contributed by atoms with Gasteiger partial charge in [-0.25, -0.2) is 44.9 Å². The summed E-state index contributed by atoms with van der Waals surface area (Å²) in [6, 6.07) is 36.6. The van der Waals surface area contributed by atoms with Crippen molar-refractivity contribution in [2.24, 2.45) is 0 Å². The fraction of sp³-hybridized carbons (Fsp3) is 0.100. The van der Waals surface area contributed by atoms with Crippen LogP contribution in [0.5, 0.6) is 0 Å². The molecule has 3 atom stereocenters. The summed E-state index contributed by atoms with van der Waals surface area (Å²) in [6.07, 6.45) is 13.7. The summed E-state index contributed by atoms with van der Waals surface area (Å²) >= 11 is 0. The number of rotatable bonds is 12.